The summed E-state index contributed by atoms with van der Waals surface area (Å²) in [5.41, 5.74) is 0. The van der Waals surface area contributed by atoms with Gasteiger partial charge in [0.1, 0.15) is 13.1 Å². The second-order valence-electron chi connectivity index (χ2n) is 6.18. The highest BCUT2D eigenvalue weighted by Crippen LogP contribution is 2.01. The molecule has 0 unspecified atom stereocenters. The minimum atomic E-state index is 0. The lowest BCUT2D eigenvalue weighted by Gasteiger charge is -2.32. The lowest BCUT2D eigenvalue weighted by atomic mass is 10.4. The van der Waals surface area contributed by atoms with Crippen molar-refractivity contribution in [3.8, 4) is 0 Å². The zero-order chi connectivity index (χ0) is 15.5. The first-order valence-electron chi connectivity index (χ1n) is 8.27. The van der Waals surface area contributed by atoms with E-state index in [0.29, 0.717) is 0 Å². The standard InChI is InChI=1S/C16H38N2O2.2HI/c1-7-17(5,8-2)11-13-19-15-16-20-14-12-18(6,9-3)10-4;;/h7-16H2,1-6H3;2*1H/q+2;;/p-2. The number of halogens is 2. The van der Waals surface area contributed by atoms with E-state index in [1.165, 1.54) is 26.2 Å². The van der Waals surface area contributed by atoms with Crippen LogP contribution in [0.1, 0.15) is 27.7 Å². The summed E-state index contributed by atoms with van der Waals surface area (Å²) in [6.07, 6.45) is 0. The molecule has 0 aliphatic carbocycles. The topological polar surface area (TPSA) is 18.5 Å². The van der Waals surface area contributed by atoms with Gasteiger partial charge in [-0.15, -0.1) is 0 Å². The first-order valence-corrected chi connectivity index (χ1v) is 8.27. The van der Waals surface area contributed by atoms with Crippen molar-refractivity contribution in [1.29, 1.82) is 0 Å². The lowest BCUT2D eigenvalue weighted by Crippen LogP contribution is -3.00. The van der Waals surface area contributed by atoms with Gasteiger partial charge in [0.05, 0.1) is 66.7 Å². The average molecular weight is 544 g/mol. The van der Waals surface area contributed by atoms with Crippen molar-refractivity contribution in [3.63, 3.8) is 0 Å². The highest BCUT2D eigenvalue weighted by atomic mass is 127. The molecule has 138 valence electrons. The Morgan fingerprint density at radius 1 is 0.545 bits per heavy atom. The Labute approximate surface area is 173 Å². The van der Waals surface area contributed by atoms with Crippen LogP contribution in [-0.2, 0) is 9.47 Å². The number of hydrogen-bond acceptors (Lipinski definition) is 2. The molecular weight excluding hydrogens is 506 g/mol. The largest absolute Gasteiger partial charge is 1.00 e. The van der Waals surface area contributed by atoms with Crippen molar-refractivity contribution in [1.82, 2.24) is 0 Å². The van der Waals surface area contributed by atoms with Crippen molar-refractivity contribution in [2.75, 3.05) is 79.8 Å². The summed E-state index contributed by atoms with van der Waals surface area (Å²) in [5.74, 6) is 0. The van der Waals surface area contributed by atoms with Gasteiger partial charge < -0.3 is 66.4 Å². The van der Waals surface area contributed by atoms with E-state index in [9.17, 15) is 0 Å². The molecule has 0 spiro atoms. The predicted octanol–water partition coefficient (Wildman–Crippen LogP) is -4.00. The van der Waals surface area contributed by atoms with Gasteiger partial charge in [0.2, 0.25) is 0 Å². The van der Waals surface area contributed by atoms with Gasteiger partial charge in [-0.25, -0.2) is 0 Å². The smallest absolute Gasteiger partial charge is 0.102 e. The third-order valence-electron chi connectivity index (χ3n) is 4.98. The van der Waals surface area contributed by atoms with E-state index in [2.05, 4.69) is 41.8 Å². The molecule has 0 bridgehead atoms. The van der Waals surface area contributed by atoms with Crippen molar-refractivity contribution < 1.29 is 66.4 Å². The molecule has 0 radical (unpaired) electrons. The van der Waals surface area contributed by atoms with Gasteiger partial charge >= 0.3 is 0 Å². The van der Waals surface area contributed by atoms with Crippen molar-refractivity contribution >= 4 is 0 Å². The monoisotopic (exact) mass is 544 g/mol. The highest BCUT2D eigenvalue weighted by molar-refractivity contribution is 4.38. The summed E-state index contributed by atoms with van der Waals surface area (Å²) < 4.78 is 13.5. The Bertz CT molecular complexity index is 212. The molecule has 0 amide bonds. The fourth-order valence-corrected chi connectivity index (χ4v) is 1.97. The van der Waals surface area contributed by atoms with Gasteiger partial charge in [-0.3, -0.25) is 0 Å². The van der Waals surface area contributed by atoms with E-state index >= 15 is 0 Å². The molecule has 6 heteroatoms. The zero-order valence-corrected chi connectivity index (χ0v) is 19.9. The summed E-state index contributed by atoms with van der Waals surface area (Å²) >= 11 is 0. The van der Waals surface area contributed by atoms with E-state index in [1.54, 1.807) is 0 Å². The number of nitrogens with zero attached hydrogens (tertiary/aromatic N) is 2. The molecule has 0 rings (SSSR count). The van der Waals surface area contributed by atoms with Crippen LogP contribution in [0.4, 0.5) is 0 Å². The van der Waals surface area contributed by atoms with Crippen molar-refractivity contribution in [3.05, 3.63) is 0 Å². The molecule has 0 saturated carbocycles. The van der Waals surface area contributed by atoms with E-state index in [4.69, 9.17) is 9.47 Å². The first-order chi connectivity index (χ1) is 9.45. The number of hydrogen-bond donors (Lipinski definition) is 0. The predicted molar refractivity (Wildman–Crippen MR) is 85.9 cm³/mol. The molecule has 0 N–H and O–H groups in total. The molecule has 0 aliphatic rings. The van der Waals surface area contributed by atoms with Crippen LogP contribution in [0.3, 0.4) is 0 Å². The van der Waals surface area contributed by atoms with Gasteiger partial charge in [0.25, 0.3) is 0 Å². The summed E-state index contributed by atoms with van der Waals surface area (Å²) in [7, 11) is 4.57. The van der Waals surface area contributed by atoms with Crippen molar-refractivity contribution in [2.24, 2.45) is 0 Å². The third-order valence-corrected chi connectivity index (χ3v) is 4.98. The second-order valence-corrected chi connectivity index (χ2v) is 6.18. The Balaban J connectivity index is -0.00000180. The molecule has 0 heterocycles. The van der Waals surface area contributed by atoms with Crippen LogP contribution in [0, 0.1) is 0 Å². The quantitative estimate of drug-likeness (QED) is 0.134. The molecule has 0 aromatic heterocycles. The minimum absolute atomic E-state index is 0. The number of likely N-dealkylation sites (N-methyl/N-ethyl adjacent to an activating group) is 2. The van der Waals surface area contributed by atoms with Gasteiger partial charge in [0.15, 0.2) is 0 Å². The van der Waals surface area contributed by atoms with Crippen molar-refractivity contribution in [2.45, 2.75) is 27.7 Å². The van der Waals surface area contributed by atoms with Crippen LogP contribution in [0.2, 0.25) is 0 Å². The third kappa shape index (κ3) is 12.7. The number of quaternary nitrogens is 2. The average Bonchev–Trinajstić information content (AvgIpc) is 2.49. The van der Waals surface area contributed by atoms with Gasteiger partial charge in [-0.1, -0.05) is 0 Å². The van der Waals surface area contributed by atoms with E-state index < -0.39 is 0 Å². The van der Waals surface area contributed by atoms with Crippen LogP contribution >= 0.6 is 0 Å². The Hall–Kier alpha value is 1.30. The molecular formula is C16H38I2N2O2. The SMILES string of the molecule is CC[N+](C)(CC)CCOCCOCC[N+](C)(CC)CC.[I-].[I-]. The normalized spacial score (nSPS) is 11.7. The van der Waals surface area contributed by atoms with Gasteiger partial charge in [-0.05, 0) is 27.7 Å². The summed E-state index contributed by atoms with van der Waals surface area (Å²) in [5, 5.41) is 0. The molecule has 0 aromatic rings. The summed E-state index contributed by atoms with van der Waals surface area (Å²) in [4.78, 5) is 0. The van der Waals surface area contributed by atoms with Crippen LogP contribution in [-0.4, -0.2) is 88.8 Å². The number of rotatable bonds is 13. The molecule has 4 nitrogen and oxygen atoms in total. The first kappa shape index (κ1) is 28.1. The van der Waals surface area contributed by atoms with E-state index in [0.717, 1.165) is 48.5 Å². The fraction of sp³-hybridized carbons (Fsp3) is 1.00. The number of ether oxygens (including phenoxy) is 2. The fourth-order valence-electron chi connectivity index (χ4n) is 1.97. The maximum Gasteiger partial charge on any atom is 0.102 e. The Kier molecular flexibility index (Phi) is 20.2. The summed E-state index contributed by atoms with van der Waals surface area (Å²) in [6.45, 7) is 18.9. The highest BCUT2D eigenvalue weighted by Gasteiger charge is 2.16. The molecule has 0 aromatic carbocycles. The Morgan fingerprint density at radius 2 is 0.818 bits per heavy atom. The van der Waals surface area contributed by atoms with Crippen LogP contribution in [0.15, 0.2) is 0 Å². The molecule has 0 aliphatic heterocycles. The molecule has 22 heavy (non-hydrogen) atoms. The lowest BCUT2D eigenvalue weighted by molar-refractivity contribution is -0.906. The van der Waals surface area contributed by atoms with Crippen LogP contribution in [0.5, 0.6) is 0 Å². The van der Waals surface area contributed by atoms with Gasteiger partial charge in [0, 0.05) is 0 Å². The van der Waals surface area contributed by atoms with E-state index in [-0.39, 0.29) is 48.0 Å². The minimum Gasteiger partial charge on any atom is -1.00 e. The van der Waals surface area contributed by atoms with Crippen LogP contribution in [0.25, 0.3) is 0 Å². The van der Waals surface area contributed by atoms with Gasteiger partial charge in [-0.2, -0.15) is 0 Å². The molecule has 0 saturated heterocycles. The van der Waals surface area contributed by atoms with E-state index in [1.807, 2.05) is 0 Å². The molecule has 0 fully saturated rings. The second kappa shape index (κ2) is 15.8. The maximum atomic E-state index is 5.67. The molecule has 0 atom stereocenters. The Morgan fingerprint density at radius 3 is 1.05 bits per heavy atom. The maximum absolute atomic E-state index is 5.67. The van der Waals surface area contributed by atoms with Crippen LogP contribution < -0.4 is 48.0 Å². The summed E-state index contributed by atoms with van der Waals surface area (Å²) in [6, 6.07) is 0. The zero-order valence-electron chi connectivity index (χ0n) is 15.5.